The SMILES string of the molecule is CN=C(NCCOc1ccccc1)NCc1ccc(OC)c(OC)c1.I. The topological polar surface area (TPSA) is 64.1 Å². The van der Waals surface area contributed by atoms with Gasteiger partial charge in [-0.15, -0.1) is 24.0 Å². The van der Waals surface area contributed by atoms with Crippen molar-refractivity contribution >= 4 is 29.9 Å². The standard InChI is InChI=1S/C19H25N3O3.HI/c1-20-19(21-11-12-25-16-7-5-4-6-8-16)22-14-15-9-10-17(23-2)18(13-15)24-3;/h4-10,13H,11-12,14H2,1-3H3,(H2,20,21,22);1H. The predicted molar refractivity (Wildman–Crippen MR) is 115 cm³/mol. The van der Waals surface area contributed by atoms with Crippen molar-refractivity contribution in [2.75, 3.05) is 34.4 Å². The van der Waals surface area contributed by atoms with Crippen LogP contribution in [0.15, 0.2) is 53.5 Å². The van der Waals surface area contributed by atoms with Crippen molar-refractivity contribution in [2.45, 2.75) is 6.54 Å². The molecule has 2 aromatic carbocycles. The highest BCUT2D eigenvalue weighted by molar-refractivity contribution is 14.0. The molecule has 0 saturated heterocycles. The van der Waals surface area contributed by atoms with Gasteiger partial charge in [-0.3, -0.25) is 4.99 Å². The molecule has 142 valence electrons. The molecule has 7 heteroatoms. The maximum atomic E-state index is 5.64. The van der Waals surface area contributed by atoms with Gasteiger partial charge in [0.2, 0.25) is 0 Å². The largest absolute Gasteiger partial charge is 0.493 e. The fourth-order valence-corrected chi connectivity index (χ4v) is 2.25. The molecule has 0 spiro atoms. The first-order chi connectivity index (χ1) is 12.3. The molecule has 0 bridgehead atoms. The molecule has 0 aliphatic heterocycles. The smallest absolute Gasteiger partial charge is 0.191 e. The van der Waals surface area contributed by atoms with Crippen LogP contribution in [-0.4, -0.2) is 40.4 Å². The third-order valence-corrected chi connectivity index (χ3v) is 3.54. The van der Waals surface area contributed by atoms with Crippen molar-refractivity contribution in [3.63, 3.8) is 0 Å². The molecule has 0 radical (unpaired) electrons. The Morgan fingerprint density at radius 1 is 0.962 bits per heavy atom. The van der Waals surface area contributed by atoms with Gasteiger partial charge >= 0.3 is 0 Å². The molecule has 0 fully saturated rings. The second-order valence-electron chi connectivity index (χ2n) is 5.20. The minimum absolute atomic E-state index is 0. The zero-order valence-corrected chi connectivity index (χ0v) is 17.7. The molecule has 2 N–H and O–H groups in total. The van der Waals surface area contributed by atoms with E-state index in [1.165, 1.54) is 0 Å². The van der Waals surface area contributed by atoms with Gasteiger partial charge in [0.05, 0.1) is 20.8 Å². The van der Waals surface area contributed by atoms with E-state index in [1.54, 1.807) is 21.3 Å². The molecule has 2 aromatic rings. The Morgan fingerprint density at radius 3 is 2.35 bits per heavy atom. The quantitative estimate of drug-likeness (QED) is 0.268. The van der Waals surface area contributed by atoms with Crippen LogP contribution in [0.2, 0.25) is 0 Å². The molecule has 0 unspecified atom stereocenters. The molecule has 26 heavy (non-hydrogen) atoms. The van der Waals surface area contributed by atoms with E-state index in [-0.39, 0.29) is 24.0 Å². The minimum atomic E-state index is 0. The maximum absolute atomic E-state index is 5.64. The van der Waals surface area contributed by atoms with E-state index in [2.05, 4.69) is 15.6 Å². The van der Waals surface area contributed by atoms with Crippen molar-refractivity contribution < 1.29 is 14.2 Å². The molecule has 0 aliphatic carbocycles. The number of ether oxygens (including phenoxy) is 3. The van der Waals surface area contributed by atoms with E-state index in [0.717, 1.165) is 11.3 Å². The fraction of sp³-hybridized carbons (Fsp3) is 0.316. The fourth-order valence-electron chi connectivity index (χ4n) is 2.25. The van der Waals surface area contributed by atoms with Crippen LogP contribution in [0.1, 0.15) is 5.56 Å². The lowest BCUT2D eigenvalue weighted by atomic mass is 10.2. The van der Waals surface area contributed by atoms with Crippen molar-refractivity contribution in [1.82, 2.24) is 10.6 Å². The summed E-state index contributed by atoms with van der Waals surface area (Å²) in [6, 6.07) is 15.6. The highest BCUT2D eigenvalue weighted by Gasteiger charge is 2.05. The van der Waals surface area contributed by atoms with E-state index in [4.69, 9.17) is 14.2 Å². The minimum Gasteiger partial charge on any atom is -0.493 e. The summed E-state index contributed by atoms with van der Waals surface area (Å²) in [5.41, 5.74) is 1.07. The number of rotatable bonds is 8. The summed E-state index contributed by atoms with van der Waals surface area (Å²) in [5.74, 6) is 3.00. The number of benzene rings is 2. The van der Waals surface area contributed by atoms with E-state index >= 15 is 0 Å². The van der Waals surface area contributed by atoms with Crippen molar-refractivity contribution in [3.05, 3.63) is 54.1 Å². The number of hydrogen-bond acceptors (Lipinski definition) is 4. The average molecular weight is 471 g/mol. The molecule has 2 rings (SSSR count). The second kappa shape index (κ2) is 12.2. The molecule has 0 amide bonds. The molecular formula is C19H26IN3O3. The molecule has 0 atom stereocenters. The summed E-state index contributed by atoms with van der Waals surface area (Å²) in [7, 11) is 4.99. The van der Waals surface area contributed by atoms with Gasteiger partial charge in [-0.1, -0.05) is 24.3 Å². The Morgan fingerprint density at radius 2 is 1.69 bits per heavy atom. The number of para-hydroxylation sites is 1. The van der Waals surface area contributed by atoms with Gasteiger partial charge in [-0.25, -0.2) is 0 Å². The summed E-state index contributed by atoms with van der Waals surface area (Å²) in [6.45, 7) is 1.83. The molecule has 0 saturated carbocycles. The van der Waals surface area contributed by atoms with E-state index in [1.807, 2.05) is 48.5 Å². The lowest BCUT2D eigenvalue weighted by molar-refractivity contribution is 0.322. The first-order valence-electron chi connectivity index (χ1n) is 8.10. The number of guanidine groups is 1. The van der Waals surface area contributed by atoms with Gasteiger partial charge in [0.15, 0.2) is 17.5 Å². The van der Waals surface area contributed by atoms with Crippen LogP contribution in [0.3, 0.4) is 0 Å². The number of methoxy groups -OCH3 is 2. The third-order valence-electron chi connectivity index (χ3n) is 3.54. The van der Waals surface area contributed by atoms with Gasteiger partial charge < -0.3 is 24.8 Å². The maximum Gasteiger partial charge on any atom is 0.191 e. The average Bonchev–Trinajstić information content (AvgIpc) is 2.68. The van der Waals surface area contributed by atoms with Crippen LogP contribution in [0.25, 0.3) is 0 Å². The Bertz CT molecular complexity index is 681. The first-order valence-corrected chi connectivity index (χ1v) is 8.10. The Labute approximate surface area is 172 Å². The molecule has 0 aromatic heterocycles. The lowest BCUT2D eigenvalue weighted by Crippen LogP contribution is -2.38. The number of aliphatic imine (C=N–C) groups is 1. The third kappa shape index (κ3) is 6.99. The van der Waals surface area contributed by atoms with Crippen LogP contribution in [0.5, 0.6) is 17.2 Å². The Balaban J connectivity index is 0.00000338. The van der Waals surface area contributed by atoms with Crippen molar-refractivity contribution in [1.29, 1.82) is 0 Å². The summed E-state index contributed by atoms with van der Waals surface area (Å²) >= 11 is 0. The normalized spacial score (nSPS) is 10.5. The first kappa shape index (κ1) is 21.9. The van der Waals surface area contributed by atoms with E-state index in [0.29, 0.717) is 37.2 Å². The zero-order valence-electron chi connectivity index (χ0n) is 15.3. The summed E-state index contributed by atoms with van der Waals surface area (Å²) in [6.07, 6.45) is 0. The molecule has 0 aliphatic rings. The van der Waals surface area contributed by atoms with Crippen molar-refractivity contribution in [3.8, 4) is 17.2 Å². The highest BCUT2D eigenvalue weighted by atomic mass is 127. The van der Waals surface area contributed by atoms with Gasteiger partial charge in [0.25, 0.3) is 0 Å². The van der Waals surface area contributed by atoms with Gasteiger partial charge in [0.1, 0.15) is 12.4 Å². The molecule has 0 heterocycles. The van der Waals surface area contributed by atoms with Crippen LogP contribution in [0.4, 0.5) is 0 Å². The van der Waals surface area contributed by atoms with Gasteiger partial charge in [-0.2, -0.15) is 0 Å². The number of nitrogens with zero attached hydrogens (tertiary/aromatic N) is 1. The van der Waals surface area contributed by atoms with Gasteiger partial charge in [0, 0.05) is 13.6 Å². The Hall–Kier alpha value is -2.16. The number of nitrogens with one attached hydrogen (secondary N) is 2. The summed E-state index contributed by atoms with van der Waals surface area (Å²) in [4.78, 5) is 4.21. The number of halogens is 1. The van der Waals surface area contributed by atoms with Crippen LogP contribution in [0, 0.1) is 0 Å². The van der Waals surface area contributed by atoms with Crippen molar-refractivity contribution in [2.24, 2.45) is 4.99 Å². The van der Waals surface area contributed by atoms with Crippen LogP contribution < -0.4 is 24.8 Å². The zero-order chi connectivity index (χ0) is 17.9. The molecule has 6 nitrogen and oxygen atoms in total. The lowest BCUT2D eigenvalue weighted by Gasteiger charge is -2.14. The summed E-state index contributed by atoms with van der Waals surface area (Å²) < 4.78 is 16.2. The summed E-state index contributed by atoms with van der Waals surface area (Å²) in [5, 5.41) is 6.48. The van der Waals surface area contributed by atoms with Crippen LogP contribution in [-0.2, 0) is 6.54 Å². The second-order valence-corrected chi connectivity index (χ2v) is 5.20. The highest BCUT2D eigenvalue weighted by Crippen LogP contribution is 2.27. The van der Waals surface area contributed by atoms with E-state index < -0.39 is 0 Å². The van der Waals surface area contributed by atoms with E-state index in [9.17, 15) is 0 Å². The Kier molecular flexibility index (Phi) is 10.3. The predicted octanol–water partition coefficient (Wildman–Crippen LogP) is 3.07. The molecular weight excluding hydrogens is 445 g/mol. The number of hydrogen-bond donors (Lipinski definition) is 2. The van der Waals surface area contributed by atoms with Crippen LogP contribution >= 0.6 is 24.0 Å². The monoisotopic (exact) mass is 471 g/mol. The van der Waals surface area contributed by atoms with Gasteiger partial charge in [-0.05, 0) is 29.8 Å².